The first-order valence-electron chi connectivity index (χ1n) is 4.61. The summed E-state index contributed by atoms with van der Waals surface area (Å²) >= 11 is 0. The molecular weight excluding hydrogens is 150 g/mol. The Bertz CT molecular complexity index is 204. The Balaban J connectivity index is 2.46. The van der Waals surface area contributed by atoms with Crippen LogP contribution in [0.4, 0.5) is 0 Å². The summed E-state index contributed by atoms with van der Waals surface area (Å²) in [6.45, 7) is 5.72. The highest BCUT2D eigenvalue weighted by molar-refractivity contribution is 5.80. The summed E-state index contributed by atoms with van der Waals surface area (Å²) in [5, 5.41) is 0. The van der Waals surface area contributed by atoms with Gasteiger partial charge < -0.3 is 0 Å². The second-order valence-electron chi connectivity index (χ2n) is 3.85. The molecule has 0 heterocycles. The zero-order valence-corrected chi connectivity index (χ0v) is 8.13. The first kappa shape index (κ1) is 9.43. The zero-order chi connectivity index (χ0) is 9.14. The first-order valence-corrected chi connectivity index (χ1v) is 4.61. The summed E-state index contributed by atoms with van der Waals surface area (Å²) in [5.74, 6) is 0.625. The van der Waals surface area contributed by atoms with E-state index < -0.39 is 0 Å². The fourth-order valence-corrected chi connectivity index (χ4v) is 1.81. The summed E-state index contributed by atoms with van der Waals surface area (Å²) in [7, 11) is 0. The molecule has 1 saturated carbocycles. The number of nitrogens with zero attached hydrogens (tertiary/aromatic N) is 1. The first-order chi connectivity index (χ1) is 5.59. The molecule has 1 aliphatic rings. The molecule has 0 spiro atoms. The van der Waals surface area contributed by atoms with Gasteiger partial charge in [-0.15, -0.1) is 0 Å². The molecule has 2 atom stereocenters. The summed E-state index contributed by atoms with van der Waals surface area (Å²) < 4.78 is 0. The van der Waals surface area contributed by atoms with E-state index in [1.165, 1.54) is 0 Å². The number of aliphatic imine (C=N–C) groups is 1. The molecule has 2 unspecified atom stereocenters. The van der Waals surface area contributed by atoms with Crippen molar-refractivity contribution >= 4 is 11.5 Å². The molecule has 0 aliphatic heterocycles. The molecule has 2 heteroatoms. The van der Waals surface area contributed by atoms with Crippen LogP contribution in [0.5, 0.6) is 0 Å². The standard InChI is InChI=1S/C10H17NO/c1-7(2)11-10-5-4-9(6-10)8(3)12/h9-10H,4-6H2,1-3H3. The topological polar surface area (TPSA) is 29.4 Å². The summed E-state index contributed by atoms with van der Waals surface area (Å²) in [4.78, 5) is 15.5. The van der Waals surface area contributed by atoms with Gasteiger partial charge in [0.25, 0.3) is 0 Å². The monoisotopic (exact) mass is 167 g/mol. The average Bonchev–Trinajstić information content (AvgIpc) is 2.34. The Hall–Kier alpha value is -0.660. The molecule has 1 rings (SSSR count). The highest BCUT2D eigenvalue weighted by Crippen LogP contribution is 2.28. The van der Waals surface area contributed by atoms with Crippen molar-refractivity contribution in [2.24, 2.45) is 10.9 Å². The Morgan fingerprint density at radius 3 is 2.33 bits per heavy atom. The van der Waals surface area contributed by atoms with Gasteiger partial charge in [0.1, 0.15) is 5.78 Å². The van der Waals surface area contributed by atoms with Crippen LogP contribution >= 0.6 is 0 Å². The molecule has 0 N–H and O–H groups in total. The predicted molar refractivity (Wildman–Crippen MR) is 50.6 cm³/mol. The zero-order valence-electron chi connectivity index (χ0n) is 8.13. The minimum Gasteiger partial charge on any atom is -0.300 e. The molecule has 2 nitrogen and oxygen atoms in total. The number of ketones is 1. The van der Waals surface area contributed by atoms with E-state index >= 15 is 0 Å². The second-order valence-corrected chi connectivity index (χ2v) is 3.85. The van der Waals surface area contributed by atoms with Gasteiger partial charge in [-0.25, -0.2) is 0 Å². The van der Waals surface area contributed by atoms with E-state index in [-0.39, 0.29) is 5.92 Å². The van der Waals surface area contributed by atoms with Gasteiger partial charge in [0, 0.05) is 11.6 Å². The quantitative estimate of drug-likeness (QED) is 0.580. The third-order valence-electron chi connectivity index (χ3n) is 2.42. The minimum absolute atomic E-state index is 0.290. The van der Waals surface area contributed by atoms with Crippen molar-refractivity contribution in [1.82, 2.24) is 0 Å². The van der Waals surface area contributed by atoms with E-state index in [1.54, 1.807) is 6.92 Å². The molecule has 68 valence electrons. The van der Waals surface area contributed by atoms with E-state index in [0.717, 1.165) is 25.0 Å². The lowest BCUT2D eigenvalue weighted by Gasteiger charge is -2.04. The van der Waals surface area contributed by atoms with Gasteiger partial charge in [0.15, 0.2) is 0 Å². The molecule has 1 fully saturated rings. The molecular formula is C10H17NO. The minimum atomic E-state index is 0.290. The predicted octanol–water partition coefficient (Wildman–Crippen LogP) is 2.22. The lowest BCUT2D eigenvalue weighted by Crippen LogP contribution is -2.08. The number of hydrogen-bond donors (Lipinski definition) is 0. The SMILES string of the molecule is CC(=O)C1CCC(N=C(C)C)C1. The maximum absolute atomic E-state index is 11.0. The van der Waals surface area contributed by atoms with Crippen LogP contribution in [0.1, 0.15) is 40.0 Å². The van der Waals surface area contributed by atoms with Crippen LogP contribution in [0.2, 0.25) is 0 Å². The summed E-state index contributed by atoms with van der Waals surface area (Å²) in [6.07, 6.45) is 3.10. The highest BCUT2D eigenvalue weighted by Gasteiger charge is 2.26. The van der Waals surface area contributed by atoms with Gasteiger partial charge in [0.05, 0.1) is 6.04 Å². The molecule has 0 aromatic carbocycles. The van der Waals surface area contributed by atoms with E-state index in [1.807, 2.05) is 13.8 Å². The van der Waals surface area contributed by atoms with Crippen LogP contribution in [-0.4, -0.2) is 17.5 Å². The van der Waals surface area contributed by atoms with Crippen LogP contribution < -0.4 is 0 Å². The normalized spacial score (nSPS) is 28.6. The Labute approximate surface area is 74.1 Å². The lowest BCUT2D eigenvalue weighted by atomic mass is 10.0. The third-order valence-corrected chi connectivity index (χ3v) is 2.42. The largest absolute Gasteiger partial charge is 0.300 e. The number of Topliss-reactive ketones (excluding diaryl/α,β-unsaturated/α-hetero) is 1. The third kappa shape index (κ3) is 2.43. The van der Waals surface area contributed by atoms with Crippen molar-refractivity contribution in [1.29, 1.82) is 0 Å². The van der Waals surface area contributed by atoms with E-state index in [9.17, 15) is 4.79 Å². The van der Waals surface area contributed by atoms with Crippen molar-refractivity contribution in [2.45, 2.75) is 46.1 Å². The smallest absolute Gasteiger partial charge is 0.132 e. The Morgan fingerprint density at radius 2 is 1.92 bits per heavy atom. The number of rotatable bonds is 2. The summed E-state index contributed by atoms with van der Waals surface area (Å²) in [6, 6.07) is 0.420. The van der Waals surface area contributed by atoms with Crippen molar-refractivity contribution in [3.63, 3.8) is 0 Å². The molecule has 0 saturated heterocycles. The van der Waals surface area contributed by atoms with Crippen LogP contribution in [0.15, 0.2) is 4.99 Å². The van der Waals surface area contributed by atoms with Crippen LogP contribution in [-0.2, 0) is 4.79 Å². The van der Waals surface area contributed by atoms with E-state index in [2.05, 4.69) is 4.99 Å². The second kappa shape index (κ2) is 3.83. The molecule has 0 bridgehead atoms. The average molecular weight is 167 g/mol. The number of carbonyl (C=O) groups excluding carboxylic acids is 1. The van der Waals surface area contributed by atoms with Crippen LogP contribution in [0, 0.1) is 5.92 Å². The van der Waals surface area contributed by atoms with Crippen molar-refractivity contribution in [2.75, 3.05) is 0 Å². The molecule has 0 amide bonds. The van der Waals surface area contributed by atoms with Gasteiger partial charge in [0.2, 0.25) is 0 Å². The van der Waals surface area contributed by atoms with Crippen molar-refractivity contribution in [3.8, 4) is 0 Å². The summed E-state index contributed by atoms with van der Waals surface area (Å²) in [5.41, 5.74) is 1.13. The van der Waals surface area contributed by atoms with Gasteiger partial charge in [-0.05, 0) is 40.0 Å². The lowest BCUT2D eigenvalue weighted by molar-refractivity contribution is -0.120. The van der Waals surface area contributed by atoms with Crippen molar-refractivity contribution in [3.05, 3.63) is 0 Å². The number of carbonyl (C=O) groups is 1. The molecule has 0 aromatic rings. The van der Waals surface area contributed by atoms with Gasteiger partial charge in [-0.3, -0.25) is 9.79 Å². The Morgan fingerprint density at radius 1 is 1.25 bits per heavy atom. The Kier molecular flexibility index (Phi) is 3.01. The van der Waals surface area contributed by atoms with E-state index in [0.29, 0.717) is 11.8 Å². The molecule has 1 aliphatic carbocycles. The van der Waals surface area contributed by atoms with E-state index in [4.69, 9.17) is 0 Å². The van der Waals surface area contributed by atoms with Crippen LogP contribution in [0.25, 0.3) is 0 Å². The van der Waals surface area contributed by atoms with Gasteiger partial charge in [-0.2, -0.15) is 0 Å². The van der Waals surface area contributed by atoms with Gasteiger partial charge >= 0.3 is 0 Å². The van der Waals surface area contributed by atoms with Crippen molar-refractivity contribution < 1.29 is 4.79 Å². The maximum Gasteiger partial charge on any atom is 0.132 e. The van der Waals surface area contributed by atoms with Crippen LogP contribution in [0.3, 0.4) is 0 Å². The molecule has 12 heavy (non-hydrogen) atoms. The fraction of sp³-hybridized carbons (Fsp3) is 0.800. The number of hydrogen-bond acceptors (Lipinski definition) is 2. The maximum atomic E-state index is 11.0. The highest BCUT2D eigenvalue weighted by atomic mass is 16.1. The molecule has 0 aromatic heterocycles. The fourth-order valence-electron chi connectivity index (χ4n) is 1.81. The van der Waals surface area contributed by atoms with Gasteiger partial charge in [-0.1, -0.05) is 0 Å². The molecule has 0 radical (unpaired) electrons.